The molecule has 0 aromatic rings. The molecule has 1 heterocycles. The molecule has 1 aliphatic heterocycles. The Hall–Kier alpha value is -0.610. The Labute approximate surface area is 84.8 Å². The highest BCUT2D eigenvalue weighted by molar-refractivity contribution is 5.72. The van der Waals surface area contributed by atoms with E-state index < -0.39 is 5.97 Å². The van der Waals surface area contributed by atoms with Gasteiger partial charge >= 0.3 is 5.97 Å². The number of carbonyl (C=O) groups is 1. The zero-order chi connectivity index (χ0) is 10.6. The summed E-state index contributed by atoms with van der Waals surface area (Å²) in [4.78, 5) is 12.7. The van der Waals surface area contributed by atoms with Crippen LogP contribution in [-0.4, -0.2) is 48.3 Å². The summed E-state index contributed by atoms with van der Waals surface area (Å²) in [5.74, 6) is -0.223. The van der Waals surface area contributed by atoms with Crippen molar-refractivity contribution in [3.05, 3.63) is 0 Å². The monoisotopic (exact) mass is 201 g/mol. The Morgan fingerprint density at radius 3 is 3.00 bits per heavy atom. The lowest BCUT2D eigenvalue weighted by atomic mass is 10.1. The van der Waals surface area contributed by atoms with E-state index >= 15 is 0 Å². The lowest BCUT2D eigenvalue weighted by Gasteiger charge is -2.20. The summed E-state index contributed by atoms with van der Waals surface area (Å²) in [7, 11) is 0. The van der Waals surface area contributed by atoms with Crippen LogP contribution in [0.4, 0.5) is 0 Å². The fourth-order valence-corrected chi connectivity index (χ4v) is 1.79. The number of likely N-dealkylation sites (tertiary alicyclic amines) is 1. The first-order chi connectivity index (χ1) is 6.65. The van der Waals surface area contributed by atoms with Crippen LogP contribution in [0.2, 0.25) is 0 Å². The van der Waals surface area contributed by atoms with Crippen LogP contribution < -0.4 is 0 Å². The molecule has 1 fully saturated rings. The van der Waals surface area contributed by atoms with E-state index in [1.165, 1.54) is 0 Å². The van der Waals surface area contributed by atoms with E-state index in [1.807, 2.05) is 11.8 Å². The Bertz CT molecular complexity index is 196. The van der Waals surface area contributed by atoms with Crippen molar-refractivity contribution < 1.29 is 14.6 Å². The highest BCUT2D eigenvalue weighted by Gasteiger charge is 2.29. The molecular weight excluding hydrogens is 182 g/mol. The van der Waals surface area contributed by atoms with Gasteiger partial charge in [-0.2, -0.15) is 0 Å². The van der Waals surface area contributed by atoms with E-state index in [9.17, 15) is 4.79 Å². The lowest BCUT2D eigenvalue weighted by Crippen LogP contribution is -2.37. The van der Waals surface area contributed by atoms with Gasteiger partial charge in [-0.05, 0) is 32.7 Å². The minimum atomic E-state index is -0.734. The largest absolute Gasteiger partial charge is 0.480 e. The van der Waals surface area contributed by atoms with Gasteiger partial charge in [0.05, 0.1) is 6.61 Å². The summed E-state index contributed by atoms with van der Waals surface area (Å²) >= 11 is 0. The standard InChI is InChI=1S/C10H19NO3/c1-3-14-7-9-4-5-11(6-9)8(2)10(12)13/h8-9H,3-7H2,1-2H3,(H,12,13)/t8-,9-/m0/s1. The maximum absolute atomic E-state index is 10.7. The minimum Gasteiger partial charge on any atom is -0.480 e. The van der Waals surface area contributed by atoms with Crippen molar-refractivity contribution in [1.29, 1.82) is 0 Å². The van der Waals surface area contributed by atoms with Gasteiger partial charge in [-0.3, -0.25) is 9.69 Å². The number of ether oxygens (including phenoxy) is 1. The zero-order valence-electron chi connectivity index (χ0n) is 8.90. The van der Waals surface area contributed by atoms with Gasteiger partial charge in [0.2, 0.25) is 0 Å². The molecule has 0 bridgehead atoms. The molecule has 2 atom stereocenters. The first-order valence-corrected chi connectivity index (χ1v) is 5.19. The molecule has 4 heteroatoms. The van der Waals surface area contributed by atoms with Crippen LogP contribution in [-0.2, 0) is 9.53 Å². The van der Waals surface area contributed by atoms with Crippen LogP contribution in [0.3, 0.4) is 0 Å². The van der Waals surface area contributed by atoms with Gasteiger partial charge in [-0.1, -0.05) is 0 Å². The second kappa shape index (κ2) is 5.32. The molecule has 82 valence electrons. The smallest absolute Gasteiger partial charge is 0.320 e. The third kappa shape index (κ3) is 2.96. The van der Waals surface area contributed by atoms with Crippen LogP contribution in [0, 0.1) is 5.92 Å². The average molecular weight is 201 g/mol. The molecule has 1 N–H and O–H groups in total. The molecule has 0 spiro atoms. The van der Waals surface area contributed by atoms with Gasteiger partial charge in [0.25, 0.3) is 0 Å². The van der Waals surface area contributed by atoms with Crippen LogP contribution in [0.25, 0.3) is 0 Å². The minimum absolute atomic E-state index is 0.360. The highest BCUT2D eigenvalue weighted by Crippen LogP contribution is 2.18. The number of rotatable bonds is 5. The van der Waals surface area contributed by atoms with E-state index in [2.05, 4.69) is 0 Å². The first kappa shape index (κ1) is 11.5. The second-order valence-corrected chi connectivity index (χ2v) is 3.82. The summed E-state index contributed by atoms with van der Waals surface area (Å²) in [6.07, 6.45) is 1.05. The molecule has 0 aromatic heterocycles. The van der Waals surface area contributed by atoms with Crippen molar-refractivity contribution >= 4 is 5.97 Å². The van der Waals surface area contributed by atoms with Crippen molar-refractivity contribution in [2.75, 3.05) is 26.3 Å². The highest BCUT2D eigenvalue weighted by atomic mass is 16.5. The van der Waals surface area contributed by atoms with Crippen molar-refractivity contribution in [3.63, 3.8) is 0 Å². The topological polar surface area (TPSA) is 49.8 Å². The number of aliphatic carboxylic acids is 1. The molecule has 0 unspecified atom stereocenters. The number of hydrogen-bond donors (Lipinski definition) is 1. The quantitative estimate of drug-likeness (QED) is 0.715. The van der Waals surface area contributed by atoms with Crippen LogP contribution in [0.15, 0.2) is 0 Å². The summed E-state index contributed by atoms with van der Waals surface area (Å²) in [6, 6.07) is -0.360. The maximum Gasteiger partial charge on any atom is 0.320 e. The molecule has 1 rings (SSSR count). The van der Waals surface area contributed by atoms with Gasteiger partial charge < -0.3 is 9.84 Å². The first-order valence-electron chi connectivity index (χ1n) is 5.19. The van der Waals surface area contributed by atoms with Gasteiger partial charge in [-0.15, -0.1) is 0 Å². The zero-order valence-corrected chi connectivity index (χ0v) is 8.90. The van der Waals surface area contributed by atoms with E-state index in [-0.39, 0.29) is 6.04 Å². The summed E-state index contributed by atoms with van der Waals surface area (Å²) < 4.78 is 5.33. The summed E-state index contributed by atoms with van der Waals surface area (Å²) in [5.41, 5.74) is 0. The fraction of sp³-hybridized carbons (Fsp3) is 0.900. The maximum atomic E-state index is 10.7. The van der Waals surface area contributed by atoms with Crippen molar-refractivity contribution in [2.45, 2.75) is 26.3 Å². The third-order valence-corrected chi connectivity index (χ3v) is 2.78. The predicted molar refractivity (Wildman–Crippen MR) is 53.3 cm³/mol. The summed E-state index contributed by atoms with van der Waals surface area (Å²) in [5, 5.41) is 8.83. The fourth-order valence-electron chi connectivity index (χ4n) is 1.79. The molecule has 0 aliphatic carbocycles. The number of hydrogen-bond acceptors (Lipinski definition) is 3. The van der Waals surface area contributed by atoms with E-state index in [1.54, 1.807) is 6.92 Å². The van der Waals surface area contributed by atoms with E-state index in [4.69, 9.17) is 9.84 Å². The number of nitrogens with zero attached hydrogens (tertiary/aromatic N) is 1. The second-order valence-electron chi connectivity index (χ2n) is 3.82. The Kier molecular flexibility index (Phi) is 4.35. The molecule has 0 amide bonds. The number of carboxylic acids is 1. The van der Waals surface area contributed by atoms with Crippen LogP contribution in [0.1, 0.15) is 20.3 Å². The molecule has 1 aliphatic rings. The molecule has 0 aromatic carbocycles. The Morgan fingerprint density at radius 2 is 2.43 bits per heavy atom. The van der Waals surface area contributed by atoms with Gasteiger partial charge in [0, 0.05) is 13.2 Å². The Morgan fingerprint density at radius 1 is 1.71 bits per heavy atom. The molecule has 4 nitrogen and oxygen atoms in total. The molecule has 0 radical (unpaired) electrons. The third-order valence-electron chi connectivity index (χ3n) is 2.78. The van der Waals surface area contributed by atoms with E-state index in [0.29, 0.717) is 5.92 Å². The van der Waals surface area contributed by atoms with Crippen LogP contribution in [0.5, 0.6) is 0 Å². The van der Waals surface area contributed by atoms with Gasteiger partial charge in [0.1, 0.15) is 6.04 Å². The Balaban J connectivity index is 2.29. The molecule has 0 saturated carbocycles. The lowest BCUT2D eigenvalue weighted by molar-refractivity contribution is -0.142. The van der Waals surface area contributed by atoms with Crippen molar-refractivity contribution in [2.24, 2.45) is 5.92 Å². The summed E-state index contributed by atoms with van der Waals surface area (Å²) in [6.45, 7) is 6.96. The van der Waals surface area contributed by atoms with E-state index in [0.717, 1.165) is 32.7 Å². The predicted octanol–water partition coefficient (Wildman–Crippen LogP) is 0.818. The molecule has 1 saturated heterocycles. The average Bonchev–Trinajstić information content (AvgIpc) is 2.61. The molecular formula is C10H19NO3. The van der Waals surface area contributed by atoms with Gasteiger partial charge in [-0.25, -0.2) is 0 Å². The molecule has 14 heavy (non-hydrogen) atoms. The van der Waals surface area contributed by atoms with Gasteiger partial charge in [0.15, 0.2) is 0 Å². The number of carboxylic acid groups (broad SMARTS) is 1. The van der Waals surface area contributed by atoms with Crippen molar-refractivity contribution in [1.82, 2.24) is 4.90 Å². The SMILES string of the molecule is CCOC[C@H]1CCN([C@@H](C)C(=O)O)C1. The van der Waals surface area contributed by atoms with Crippen LogP contribution >= 0.6 is 0 Å². The van der Waals surface area contributed by atoms with Crippen molar-refractivity contribution in [3.8, 4) is 0 Å². The normalized spacial score (nSPS) is 25.1.